The van der Waals surface area contributed by atoms with Gasteiger partial charge < -0.3 is 10.1 Å². The standard InChI is InChI=1S/C15H23NO/c1-4-16-14(15(3)10-11-15)12-6-8-13(9-7-12)17-5-2/h6-9,14,16H,4-5,10-11H2,1-3H3. The van der Waals surface area contributed by atoms with Gasteiger partial charge in [0.2, 0.25) is 0 Å². The molecule has 1 aliphatic rings. The highest BCUT2D eigenvalue weighted by Gasteiger charge is 2.44. The van der Waals surface area contributed by atoms with Crippen molar-refractivity contribution in [1.29, 1.82) is 0 Å². The molecule has 1 saturated carbocycles. The van der Waals surface area contributed by atoms with Crippen LogP contribution in [0.25, 0.3) is 0 Å². The Kier molecular flexibility index (Phi) is 3.72. The Hall–Kier alpha value is -1.02. The summed E-state index contributed by atoms with van der Waals surface area (Å²) < 4.78 is 5.48. The van der Waals surface area contributed by atoms with Gasteiger partial charge in [-0.15, -0.1) is 0 Å². The van der Waals surface area contributed by atoms with Crippen LogP contribution in [0.4, 0.5) is 0 Å². The van der Waals surface area contributed by atoms with Gasteiger partial charge in [0.05, 0.1) is 6.61 Å². The molecule has 1 aliphatic carbocycles. The fourth-order valence-electron chi connectivity index (χ4n) is 2.38. The van der Waals surface area contributed by atoms with Crippen molar-refractivity contribution in [1.82, 2.24) is 5.32 Å². The molecule has 0 spiro atoms. The van der Waals surface area contributed by atoms with E-state index in [1.165, 1.54) is 18.4 Å². The van der Waals surface area contributed by atoms with Gasteiger partial charge >= 0.3 is 0 Å². The van der Waals surface area contributed by atoms with Gasteiger partial charge in [-0.05, 0) is 49.4 Å². The molecule has 0 bridgehead atoms. The summed E-state index contributed by atoms with van der Waals surface area (Å²) in [5.74, 6) is 0.965. The van der Waals surface area contributed by atoms with Crippen molar-refractivity contribution in [3.05, 3.63) is 29.8 Å². The van der Waals surface area contributed by atoms with E-state index in [2.05, 4.69) is 43.4 Å². The van der Waals surface area contributed by atoms with Crippen LogP contribution in [-0.4, -0.2) is 13.2 Å². The Morgan fingerprint density at radius 2 is 1.88 bits per heavy atom. The Balaban J connectivity index is 2.13. The third-order valence-electron chi connectivity index (χ3n) is 3.67. The summed E-state index contributed by atoms with van der Waals surface area (Å²) in [6.07, 6.45) is 2.66. The predicted molar refractivity (Wildman–Crippen MR) is 71.4 cm³/mol. The fraction of sp³-hybridized carbons (Fsp3) is 0.600. The smallest absolute Gasteiger partial charge is 0.119 e. The minimum Gasteiger partial charge on any atom is -0.494 e. The summed E-state index contributed by atoms with van der Waals surface area (Å²) in [5, 5.41) is 3.61. The van der Waals surface area contributed by atoms with Gasteiger partial charge in [0, 0.05) is 6.04 Å². The van der Waals surface area contributed by atoms with Crippen LogP contribution in [0.15, 0.2) is 24.3 Å². The lowest BCUT2D eigenvalue weighted by molar-refractivity contribution is 0.339. The van der Waals surface area contributed by atoms with Crippen molar-refractivity contribution >= 4 is 0 Å². The second kappa shape index (κ2) is 5.09. The van der Waals surface area contributed by atoms with Gasteiger partial charge in [0.25, 0.3) is 0 Å². The lowest BCUT2D eigenvalue weighted by atomic mass is 9.91. The Labute approximate surface area is 104 Å². The normalized spacial score (nSPS) is 18.8. The molecule has 1 fully saturated rings. The average Bonchev–Trinajstić information content (AvgIpc) is 3.07. The first-order valence-corrected chi connectivity index (χ1v) is 6.66. The zero-order chi connectivity index (χ0) is 12.3. The van der Waals surface area contributed by atoms with Gasteiger partial charge in [-0.25, -0.2) is 0 Å². The lowest BCUT2D eigenvalue weighted by Crippen LogP contribution is -2.27. The molecule has 1 unspecified atom stereocenters. The highest BCUT2D eigenvalue weighted by atomic mass is 16.5. The van der Waals surface area contributed by atoms with Crippen molar-refractivity contribution in [3.8, 4) is 5.75 Å². The van der Waals surface area contributed by atoms with E-state index >= 15 is 0 Å². The Morgan fingerprint density at radius 3 is 2.35 bits per heavy atom. The van der Waals surface area contributed by atoms with E-state index in [-0.39, 0.29) is 0 Å². The summed E-state index contributed by atoms with van der Waals surface area (Å²) in [6, 6.07) is 9.04. The van der Waals surface area contributed by atoms with Gasteiger partial charge in [0.1, 0.15) is 5.75 Å². The summed E-state index contributed by atoms with van der Waals surface area (Å²) in [7, 11) is 0. The third kappa shape index (κ3) is 2.81. The topological polar surface area (TPSA) is 21.3 Å². The van der Waals surface area contributed by atoms with E-state index in [1.54, 1.807) is 0 Å². The van der Waals surface area contributed by atoms with E-state index in [0.717, 1.165) is 18.9 Å². The Bertz CT molecular complexity index is 354. The minimum absolute atomic E-state index is 0.461. The molecule has 2 heteroatoms. The first-order valence-electron chi connectivity index (χ1n) is 6.66. The number of hydrogen-bond acceptors (Lipinski definition) is 2. The number of rotatable bonds is 6. The average molecular weight is 233 g/mol. The molecule has 0 aliphatic heterocycles. The highest BCUT2D eigenvalue weighted by Crippen LogP contribution is 2.54. The van der Waals surface area contributed by atoms with Crippen LogP contribution < -0.4 is 10.1 Å². The SMILES string of the molecule is CCNC(c1ccc(OCC)cc1)C1(C)CC1. The molecule has 0 radical (unpaired) electrons. The molecule has 0 amide bonds. The van der Waals surface area contributed by atoms with E-state index in [0.29, 0.717) is 11.5 Å². The van der Waals surface area contributed by atoms with Gasteiger partial charge in [-0.3, -0.25) is 0 Å². The fourth-order valence-corrected chi connectivity index (χ4v) is 2.38. The molecular formula is C15H23NO. The highest BCUT2D eigenvalue weighted by molar-refractivity contribution is 5.31. The van der Waals surface area contributed by atoms with Crippen molar-refractivity contribution in [3.63, 3.8) is 0 Å². The van der Waals surface area contributed by atoms with Crippen LogP contribution in [0.1, 0.15) is 45.2 Å². The van der Waals surface area contributed by atoms with Crippen LogP contribution in [0, 0.1) is 5.41 Å². The Morgan fingerprint density at radius 1 is 1.24 bits per heavy atom. The van der Waals surface area contributed by atoms with Gasteiger partial charge in [-0.2, -0.15) is 0 Å². The summed E-state index contributed by atoms with van der Waals surface area (Å²) in [6.45, 7) is 8.31. The molecule has 1 aromatic rings. The van der Waals surface area contributed by atoms with E-state index in [1.807, 2.05) is 6.92 Å². The zero-order valence-electron chi connectivity index (χ0n) is 11.1. The summed E-state index contributed by atoms with van der Waals surface area (Å²) in [4.78, 5) is 0. The predicted octanol–water partition coefficient (Wildman–Crippen LogP) is 3.54. The third-order valence-corrected chi connectivity index (χ3v) is 3.67. The van der Waals surface area contributed by atoms with Crippen molar-refractivity contribution in [2.45, 2.75) is 39.7 Å². The molecular weight excluding hydrogens is 210 g/mol. The molecule has 0 saturated heterocycles. The van der Waals surface area contributed by atoms with Crippen LogP contribution in [0.3, 0.4) is 0 Å². The maximum atomic E-state index is 5.48. The zero-order valence-corrected chi connectivity index (χ0v) is 11.1. The molecule has 1 atom stereocenters. The number of hydrogen-bond donors (Lipinski definition) is 1. The monoisotopic (exact) mass is 233 g/mol. The van der Waals surface area contributed by atoms with Gasteiger partial charge in [0.15, 0.2) is 0 Å². The maximum Gasteiger partial charge on any atom is 0.119 e. The molecule has 1 aromatic carbocycles. The molecule has 2 rings (SSSR count). The van der Waals surface area contributed by atoms with E-state index in [9.17, 15) is 0 Å². The largest absolute Gasteiger partial charge is 0.494 e. The van der Waals surface area contributed by atoms with Crippen molar-refractivity contribution in [2.24, 2.45) is 5.41 Å². The molecule has 2 nitrogen and oxygen atoms in total. The molecule has 17 heavy (non-hydrogen) atoms. The maximum absolute atomic E-state index is 5.48. The summed E-state index contributed by atoms with van der Waals surface area (Å²) >= 11 is 0. The van der Waals surface area contributed by atoms with Crippen LogP contribution in [-0.2, 0) is 0 Å². The second-order valence-corrected chi connectivity index (χ2v) is 5.15. The number of ether oxygens (including phenoxy) is 1. The quantitative estimate of drug-likeness (QED) is 0.811. The second-order valence-electron chi connectivity index (χ2n) is 5.15. The molecule has 94 valence electrons. The minimum atomic E-state index is 0.461. The van der Waals surface area contributed by atoms with Crippen LogP contribution >= 0.6 is 0 Å². The van der Waals surface area contributed by atoms with Crippen molar-refractivity contribution in [2.75, 3.05) is 13.2 Å². The van der Waals surface area contributed by atoms with Crippen LogP contribution in [0.2, 0.25) is 0 Å². The van der Waals surface area contributed by atoms with Gasteiger partial charge in [-0.1, -0.05) is 26.0 Å². The van der Waals surface area contributed by atoms with Crippen molar-refractivity contribution < 1.29 is 4.74 Å². The van der Waals surface area contributed by atoms with E-state index in [4.69, 9.17) is 4.74 Å². The molecule has 1 N–H and O–H groups in total. The first kappa shape index (κ1) is 12.4. The van der Waals surface area contributed by atoms with Crippen LogP contribution in [0.5, 0.6) is 5.75 Å². The molecule has 0 aromatic heterocycles. The first-order chi connectivity index (χ1) is 8.19. The lowest BCUT2D eigenvalue weighted by Gasteiger charge is -2.25. The number of benzene rings is 1. The van der Waals surface area contributed by atoms with E-state index < -0.39 is 0 Å². The number of nitrogens with one attached hydrogen (secondary N) is 1. The summed E-state index contributed by atoms with van der Waals surface area (Å²) in [5.41, 5.74) is 1.85. The molecule has 0 heterocycles.